The highest BCUT2D eigenvalue weighted by molar-refractivity contribution is 7.89. The van der Waals surface area contributed by atoms with Crippen molar-refractivity contribution in [2.45, 2.75) is 51.5 Å². The molecule has 1 saturated carbocycles. The Morgan fingerprint density at radius 3 is 2.59 bits per heavy atom. The van der Waals surface area contributed by atoms with Crippen LogP contribution in [0.4, 0.5) is 0 Å². The Balaban J connectivity index is 1.77. The summed E-state index contributed by atoms with van der Waals surface area (Å²) < 4.78 is 26.6. The van der Waals surface area contributed by atoms with Crippen molar-refractivity contribution in [1.29, 1.82) is 0 Å². The summed E-state index contributed by atoms with van der Waals surface area (Å²) in [4.78, 5) is 0. The molecule has 1 aliphatic carbocycles. The molecule has 0 aromatic rings. The summed E-state index contributed by atoms with van der Waals surface area (Å²) in [6.45, 7) is 3.73. The number of piperidine rings is 1. The highest BCUT2D eigenvalue weighted by atomic mass is 32.2. The predicted molar refractivity (Wildman–Crippen MR) is 69.4 cm³/mol. The molecule has 1 saturated heterocycles. The molecule has 1 unspecified atom stereocenters. The quantitative estimate of drug-likeness (QED) is 0.782. The minimum atomic E-state index is -3.10. The fourth-order valence-electron chi connectivity index (χ4n) is 2.63. The molecule has 0 amide bonds. The van der Waals surface area contributed by atoms with Crippen molar-refractivity contribution in [3.8, 4) is 0 Å². The van der Waals surface area contributed by atoms with E-state index in [1.54, 1.807) is 0 Å². The van der Waals surface area contributed by atoms with Crippen molar-refractivity contribution in [3.05, 3.63) is 0 Å². The van der Waals surface area contributed by atoms with E-state index in [0.717, 1.165) is 32.2 Å². The van der Waals surface area contributed by atoms with E-state index in [9.17, 15) is 8.42 Å². The minimum Gasteiger partial charge on any atom is -0.313 e. The lowest BCUT2D eigenvalue weighted by Gasteiger charge is -2.38. The topological polar surface area (TPSA) is 58.2 Å². The van der Waals surface area contributed by atoms with E-state index in [2.05, 4.69) is 17.0 Å². The summed E-state index contributed by atoms with van der Waals surface area (Å²) in [6.07, 6.45) is 6.84. The lowest BCUT2D eigenvalue weighted by atomic mass is 9.71. The van der Waals surface area contributed by atoms with Crippen LogP contribution >= 0.6 is 0 Å². The van der Waals surface area contributed by atoms with Gasteiger partial charge in [-0.3, -0.25) is 0 Å². The van der Waals surface area contributed by atoms with E-state index in [-0.39, 0.29) is 17.2 Å². The third-order valence-electron chi connectivity index (χ3n) is 4.11. The van der Waals surface area contributed by atoms with Gasteiger partial charge in [-0.25, -0.2) is 13.1 Å². The summed E-state index contributed by atoms with van der Waals surface area (Å²) in [5.74, 6) is 0.239. The van der Waals surface area contributed by atoms with Crippen molar-refractivity contribution >= 4 is 10.0 Å². The maximum absolute atomic E-state index is 11.9. The van der Waals surface area contributed by atoms with E-state index < -0.39 is 10.0 Å². The molecule has 100 valence electrons. The maximum Gasteiger partial charge on any atom is 0.213 e. The lowest BCUT2D eigenvalue weighted by Crippen LogP contribution is -2.46. The van der Waals surface area contributed by atoms with Gasteiger partial charge >= 0.3 is 0 Å². The number of hydrogen-bond donors (Lipinski definition) is 2. The van der Waals surface area contributed by atoms with Crippen LogP contribution in [0.25, 0.3) is 0 Å². The van der Waals surface area contributed by atoms with Gasteiger partial charge in [-0.15, -0.1) is 0 Å². The molecule has 5 heteroatoms. The zero-order valence-electron chi connectivity index (χ0n) is 10.7. The second-order valence-electron chi connectivity index (χ2n) is 5.91. The average molecular weight is 260 g/mol. The second kappa shape index (κ2) is 5.24. The third kappa shape index (κ3) is 3.93. The molecule has 2 rings (SSSR count). The van der Waals surface area contributed by atoms with Gasteiger partial charge in [0.15, 0.2) is 0 Å². The summed E-state index contributed by atoms with van der Waals surface area (Å²) >= 11 is 0. The van der Waals surface area contributed by atoms with Gasteiger partial charge in [0.1, 0.15) is 0 Å². The molecule has 1 heterocycles. The first-order valence-corrected chi connectivity index (χ1v) is 8.35. The van der Waals surface area contributed by atoms with Crippen molar-refractivity contribution in [3.63, 3.8) is 0 Å². The standard InChI is InChI=1S/C12H24N2O2S/c1-12(6-4-7-12)10-14-17(15,16)9-11-5-2-3-8-13-11/h11,13-14H,2-10H2,1H3. The Labute approximate surface area is 105 Å². The van der Waals surface area contributed by atoms with E-state index in [1.807, 2.05) is 0 Å². The molecule has 0 bridgehead atoms. The van der Waals surface area contributed by atoms with Crippen LogP contribution in [-0.4, -0.2) is 33.3 Å². The van der Waals surface area contributed by atoms with E-state index in [4.69, 9.17) is 0 Å². The zero-order valence-corrected chi connectivity index (χ0v) is 11.5. The molecule has 2 aliphatic rings. The zero-order chi connectivity index (χ0) is 12.4. The van der Waals surface area contributed by atoms with Crippen LogP contribution in [0.1, 0.15) is 45.4 Å². The maximum atomic E-state index is 11.9. The first-order valence-electron chi connectivity index (χ1n) is 6.70. The molecule has 1 atom stereocenters. The van der Waals surface area contributed by atoms with Crippen molar-refractivity contribution in [2.75, 3.05) is 18.8 Å². The molecule has 0 radical (unpaired) electrons. The van der Waals surface area contributed by atoms with Crippen molar-refractivity contribution in [2.24, 2.45) is 5.41 Å². The van der Waals surface area contributed by atoms with Gasteiger partial charge in [-0.1, -0.05) is 19.8 Å². The molecule has 0 spiro atoms. The van der Waals surface area contributed by atoms with E-state index in [1.165, 1.54) is 12.8 Å². The van der Waals surface area contributed by atoms with Crippen LogP contribution in [0.3, 0.4) is 0 Å². The van der Waals surface area contributed by atoms with E-state index in [0.29, 0.717) is 6.54 Å². The highest BCUT2D eigenvalue weighted by Crippen LogP contribution is 2.39. The van der Waals surface area contributed by atoms with Crippen LogP contribution in [0.2, 0.25) is 0 Å². The molecule has 2 N–H and O–H groups in total. The first kappa shape index (κ1) is 13.3. The van der Waals surface area contributed by atoms with Crippen LogP contribution in [-0.2, 0) is 10.0 Å². The van der Waals surface area contributed by atoms with Gasteiger partial charge in [0.2, 0.25) is 10.0 Å². The average Bonchev–Trinajstić information content (AvgIpc) is 2.25. The van der Waals surface area contributed by atoms with Crippen LogP contribution in [0.15, 0.2) is 0 Å². The smallest absolute Gasteiger partial charge is 0.213 e. The number of hydrogen-bond acceptors (Lipinski definition) is 3. The molecule has 0 aromatic heterocycles. The van der Waals surface area contributed by atoms with Crippen LogP contribution < -0.4 is 10.0 Å². The molecule has 0 aromatic carbocycles. The first-order chi connectivity index (χ1) is 7.99. The van der Waals surface area contributed by atoms with E-state index >= 15 is 0 Å². The fraction of sp³-hybridized carbons (Fsp3) is 1.00. The Hall–Kier alpha value is -0.130. The van der Waals surface area contributed by atoms with Crippen LogP contribution in [0.5, 0.6) is 0 Å². The van der Waals surface area contributed by atoms with Gasteiger partial charge in [0.05, 0.1) is 5.75 Å². The highest BCUT2D eigenvalue weighted by Gasteiger charge is 2.33. The summed E-state index contributed by atoms with van der Waals surface area (Å²) in [5, 5.41) is 3.28. The Morgan fingerprint density at radius 1 is 1.29 bits per heavy atom. The molecule has 2 fully saturated rings. The Morgan fingerprint density at radius 2 is 2.06 bits per heavy atom. The Kier molecular flexibility index (Phi) is 4.10. The predicted octanol–water partition coefficient (Wildman–Crippen LogP) is 1.24. The van der Waals surface area contributed by atoms with Gasteiger partial charge in [-0.05, 0) is 37.6 Å². The van der Waals surface area contributed by atoms with Gasteiger partial charge < -0.3 is 5.32 Å². The molecular weight excluding hydrogens is 236 g/mol. The normalized spacial score (nSPS) is 28.6. The van der Waals surface area contributed by atoms with Crippen molar-refractivity contribution in [1.82, 2.24) is 10.0 Å². The van der Waals surface area contributed by atoms with Gasteiger partial charge in [0.25, 0.3) is 0 Å². The monoisotopic (exact) mass is 260 g/mol. The molecule has 4 nitrogen and oxygen atoms in total. The van der Waals surface area contributed by atoms with Crippen LogP contribution in [0, 0.1) is 5.41 Å². The number of rotatable bonds is 5. The second-order valence-corrected chi connectivity index (χ2v) is 7.77. The minimum absolute atomic E-state index is 0.149. The Bertz CT molecular complexity index is 344. The SMILES string of the molecule is CC1(CNS(=O)(=O)CC2CCCCN2)CCC1. The molecule has 17 heavy (non-hydrogen) atoms. The molecular formula is C12H24N2O2S. The summed E-state index contributed by atoms with van der Waals surface area (Å²) in [6, 6.07) is 0.149. The third-order valence-corrected chi connectivity index (χ3v) is 5.54. The lowest BCUT2D eigenvalue weighted by molar-refractivity contribution is 0.166. The fourth-order valence-corrected chi connectivity index (χ4v) is 4.13. The number of sulfonamides is 1. The van der Waals surface area contributed by atoms with Gasteiger partial charge in [-0.2, -0.15) is 0 Å². The summed E-state index contributed by atoms with van der Waals surface area (Å²) in [5.41, 5.74) is 0.215. The van der Waals surface area contributed by atoms with Gasteiger partial charge in [0, 0.05) is 12.6 Å². The summed E-state index contributed by atoms with van der Waals surface area (Å²) in [7, 11) is -3.10. The number of nitrogens with one attached hydrogen (secondary N) is 2. The molecule has 1 aliphatic heterocycles. The largest absolute Gasteiger partial charge is 0.313 e. The van der Waals surface area contributed by atoms with Crippen molar-refractivity contribution < 1.29 is 8.42 Å².